The number of fused-ring (bicyclic) bond motifs is 10. The Labute approximate surface area is 261 Å². The van der Waals surface area contributed by atoms with Crippen molar-refractivity contribution in [2.45, 2.75) is 74.8 Å². The number of ether oxygens (including phenoxy) is 2. The van der Waals surface area contributed by atoms with E-state index < -0.39 is 40.7 Å². The molecule has 0 aromatic rings. The molecule has 2 N–H and O–H groups in total. The summed E-state index contributed by atoms with van der Waals surface area (Å²) in [6, 6.07) is 0. The number of allylic oxidation sites excluding steroid dienone is 2. The van der Waals surface area contributed by atoms with Gasteiger partial charge in [-0.05, 0) is 70.9 Å². The standard InChI is InChI=1S/C35H51N2O7/c1-18-8-11-21-25(17-37(5,6)7)32(40)43-29(21)27-22(18)14-26(38)33(27)12-13-34(41)28-23(15-35(33,34)42)19(2)9-10-20-24(16-36(3)4)31(39)44-30(20)28/h20-25,27-30,41-42H,1-2,8-17H2,3-7H3/q+1/t20-,21-,22-,23-,24?,25?,27-,28-,29-,30-,33+,34-,35-/m0/s1. The monoisotopic (exact) mass is 611 g/mol. The lowest BCUT2D eigenvalue weighted by molar-refractivity contribution is -0.873. The van der Waals surface area contributed by atoms with E-state index in [1.165, 1.54) is 0 Å². The first-order valence-electron chi connectivity index (χ1n) is 16.7. The summed E-state index contributed by atoms with van der Waals surface area (Å²) in [5.41, 5.74) is -2.73. The first-order chi connectivity index (χ1) is 20.5. The summed E-state index contributed by atoms with van der Waals surface area (Å²) < 4.78 is 13.1. The normalized spacial score (nSPS) is 49.8. The number of Topliss-reactive ketones (excluding diaryl/α,β-unsaturated/α-hetero) is 1. The minimum absolute atomic E-state index is 0.0497. The third-order valence-corrected chi connectivity index (χ3v) is 13.4. The van der Waals surface area contributed by atoms with E-state index in [4.69, 9.17) is 9.47 Å². The van der Waals surface area contributed by atoms with Gasteiger partial charge in [-0.1, -0.05) is 24.3 Å². The van der Waals surface area contributed by atoms with Gasteiger partial charge in [-0.3, -0.25) is 14.4 Å². The van der Waals surface area contributed by atoms with Crippen LogP contribution in [0.4, 0.5) is 0 Å². The average Bonchev–Trinajstić information content (AvgIpc) is 3.57. The number of aliphatic hydroxyl groups is 2. The summed E-state index contributed by atoms with van der Waals surface area (Å²) in [6.45, 7) is 10.1. The Morgan fingerprint density at radius 3 is 2.05 bits per heavy atom. The van der Waals surface area contributed by atoms with Gasteiger partial charge in [0.15, 0.2) is 0 Å². The van der Waals surface area contributed by atoms with Crippen molar-refractivity contribution in [2.75, 3.05) is 48.3 Å². The Hall–Kier alpha value is -2.07. The van der Waals surface area contributed by atoms with Crippen molar-refractivity contribution in [3.8, 4) is 0 Å². The zero-order chi connectivity index (χ0) is 31.7. The SMILES string of the molecule is C=C1CC[C@H]2C(CN(C)C)C(=O)O[C@@H]2[C@@H]2[C@H]1C[C@@]1(O)[C@]2(O)CC[C@]12C(=O)C[C@H]1C(=C)CC[C@H]3C(C[N+](C)(C)C)C(=O)O[C@@H]3[C@H]12. The van der Waals surface area contributed by atoms with E-state index in [0.29, 0.717) is 36.8 Å². The molecular weight excluding hydrogens is 560 g/mol. The molecule has 5 saturated carbocycles. The molecule has 7 fully saturated rings. The van der Waals surface area contributed by atoms with Crippen molar-refractivity contribution < 1.29 is 38.6 Å². The van der Waals surface area contributed by atoms with Crippen LogP contribution in [0.1, 0.15) is 51.4 Å². The van der Waals surface area contributed by atoms with Crippen molar-refractivity contribution in [1.82, 2.24) is 4.90 Å². The Morgan fingerprint density at radius 1 is 0.864 bits per heavy atom. The van der Waals surface area contributed by atoms with E-state index in [2.05, 4.69) is 34.3 Å². The van der Waals surface area contributed by atoms with E-state index in [1.807, 2.05) is 19.0 Å². The number of hydrogen-bond donors (Lipinski definition) is 2. The minimum atomic E-state index is -1.76. The molecule has 9 nitrogen and oxygen atoms in total. The zero-order valence-electron chi connectivity index (χ0n) is 27.1. The van der Waals surface area contributed by atoms with Gasteiger partial charge in [0, 0.05) is 36.6 Å². The molecule has 1 spiro atoms. The second-order valence-electron chi connectivity index (χ2n) is 16.8. The lowest BCUT2D eigenvalue weighted by atomic mass is 9.59. The van der Waals surface area contributed by atoms with Gasteiger partial charge < -0.3 is 29.1 Å². The van der Waals surface area contributed by atoms with Crippen LogP contribution in [0.2, 0.25) is 0 Å². The van der Waals surface area contributed by atoms with Gasteiger partial charge in [0.2, 0.25) is 0 Å². The number of rotatable bonds is 4. The van der Waals surface area contributed by atoms with E-state index in [1.54, 1.807) is 0 Å². The van der Waals surface area contributed by atoms with E-state index in [0.717, 1.165) is 24.0 Å². The molecule has 2 unspecified atom stereocenters. The largest absolute Gasteiger partial charge is 0.461 e. The third-order valence-electron chi connectivity index (χ3n) is 13.4. The van der Waals surface area contributed by atoms with Crippen LogP contribution in [-0.2, 0) is 23.9 Å². The van der Waals surface area contributed by atoms with E-state index in [9.17, 15) is 24.6 Å². The molecule has 0 aromatic carbocycles. The predicted molar refractivity (Wildman–Crippen MR) is 162 cm³/mol. The Balaban J connectivity index is 1.31. The Bertz CT molecular complexity index is 1320. The maximum absolute atomic E-state index is 14.5. The fourth-order valence-electron chi connectivity index (χ4n) is 11.7. The van der Waals surface area contributed by atoms with Gasteiger partial charge in [0.05, 0.1) is 39.0 Å². The predicted octanol–water partition coefficient (Wildman–Crippen LogP) is 2.35. The summed E-state index contributed by atoms with van der Waals surface area (Å²) in [6.07, 6.45) is 2.83. The summed E-state index contributed by atoms with van der Waals surface area (Å²) in [5, 5.41) is 26.1. The highest BCUT2D eigenvalue weighted by Gasteiger charge is 2.83. The maximum Gasteiger partial charge on any atom is 0.315 e. The van der Waals surface area contributed by atoms with Gasteiger partial charge in [-0.15, -0.1) is 0 Å². The topological polar surface area (TPSA) is 113 Å². The molecule has 7 aliphatic rings. The number of carbonyl (C=O) groups excluding carboxylic acids is 3. The highest BCUT2D eigenvalue weighted by molar-refractivity contribution is 5.91. The van der Waals surface area contributed by atoms with Crippen molar-refractivity contribution in [2.24, 2.45) is 52.8 Å². The molecule has 0 bridgehead atoms. The third kappa shape index (κ3) is 3.88. The van der Waals surface area contributed by atoms with Crippen molar-refractivity contribution in [3.63, 3.8) is 0 Å². The van der Waals surface area contributed by atoms with Crippen LogP contribution in [0.25, 0.3) is 0 Å². The molecular formula is C35H51N2O7+. The molecule has 2 saturated heterocycles. The first-order valence-corrected chi connectivity index (χ1v) is 16.7. The average molecular weight is 612 g/mol. The molecule has 7 rings (SSSR count). The number of hydrogen-bond acceptors (Lipinski definition) is 8. The molecule has 5 aliphatic carbocycles. The maximum atomic E-state index is 14.5. The van der Waals surface area contributed by atoms with E-state index in [-0.39, 0.29) is 72.5 Å². The zero-order valence-corrected chi connectivity index (χ0v) is 27.1. The molecule has 13 atom stereocenters. The van der Waals surface area contributed by atoms with Gasteiger partial charge in [0.25, 0.3) is 0 Å². The van der Waals surface area contributed by atoms with Crippen LogP contribution in [0.15, 0.2) is 24.3 Å². The van der Waals surface area contributed by atoms with Crippen LogP contribution in [0.3, 0.4) is 0 Å². The molecule has 0 amide bonds. The second kappa shape index (κ2) is 9.72. The fourth-order valence-corrected chi connectivity index (χ4v) is 11.7. The molecule has 9 heteroatoms. The number of esters is 2. The highest BCUT2D eigenvalue weighted by atomic mass is 16.6. The fraction of sp³-hybridized carbons (Fsp3) is 0.800. The van der Waals surface area contributed by atoms with Crippen LogP contribution in [0.5, 0.6) is 0 Å². The quantitative estimate of drug-likeness (QED) is 0.283. The van der Waals surface area contributed by atoms with Crippen LogP contribution >= 0.6 is 0 Å². The highest BCUT2D eigenvalue weighted by Crippen LogP contribution is 2.74. The molecule has 0 aromatic heterocycles. The summed E-state index contributed by atoms with van der Waals surface area (Å²) in [7, 11) is 10.1. The van der Waals surface area contributed by atoms with Crippen LogP contribution in [-0.4, -0.2) is 109 Å². The van der Waals surface area contributed by atoms with Crippen LogP contribution < -0.4 is 0 Å². The van der Waals surface area contributed by atoms with E-state index >= 15 is 0 Å². The number of ketones is 1. The van der Waals surface area contributed by atoms with Gasteiger partial charge >= 0.3 is 11.9 Å². The van der Waals surface area contributed by atoms with Crippen molar-refractivity contribution in [1.29, 1.82) is 0 Å². The van der Waals surface area contributed by atoms with Crippen molar-refractivity contribution in [3.05, 3.63) is 24.3 Å². The Kier molecular flexibility index (Phi) is 6.76. The minimum Gasteiger partial charge on any atom is -0.461 e. The molecule has 2 heterocycles. The molecule has 44 heavy (non-hydrogen) atoms. The first kappa shape index (κ1) is 30.6. The number of carbonyl (C=O) groups is 3. The summed E-state index contributed by atoms with van der Waals surface area (Å²) in [5.74, 6) is -2.78. The van der Waals surface area contributed by atoms with Gasteiger partial charge in [-0.25, -0.2) is 0 Å². The van der Waals surface area contributed by atoms with Gasteiger partial charge in [-0.2, -0.15) is 0 Å². The molecule has 242 valence electrons. The summed E-state index contributed by atoms with van der Waals surface area (Å²) >= 11 is 0. The second-order valence-corrected chi connectivity index (χ2v) is 16.8. The van der Waals surface area contributed by atoms with Crippen LogP contribution in [0, 0.1) is 52.8 Å². The summed E-state index contributed by atoms with van der Waals surface area (Å²) in [4.78, 5) is 43.3. The smallest absolute Gasteiger partial charge is 0.315 e. The number of quaternary nitrogens is 1. The van der Waals surface area contributed by atoms with Crippen molar-refractivity contribution >= 4 is 17.7 Å². The lowest BCUT2D eigenvalue weighted by Gasteiger charge is -2.48. The van der Waals surface area contributed by atoms with Gasteiger partial charge in [0.1, 0.15) is 35.1 Å². The lowest BCUT2D eigenvalue weighted by Crippen LogP contribution is -2.63. The molecule has 2 aliphatic heterocycles. The Morgan fingerprint density at radius 2 is 1.43 bits per heavy atom. The number of nitrogens with zero attached hydrogens (tertiary/aromatic N) is 2. The molecule has 0 radical (unpaired) electrons.